The molecule has 1 aliphatic rings. The third kappa shape index (κ3) is 3.53. The van der Waals surface area contributed by atoms with E-state index in [1.807, 2.05) is 0 Å². The number of hydrogen-bond donors (Lipinski definition) is 2. The molecule has 146 valence electrons. The van der Waals surface area contributed by atoms with Gasteiger partial charge in [-0.3, -0.25) is 14.5 Å². The second-order valence-electron chi connectivity index (χ2n) is 6.37. The fourth-order valence-electron chi connectivity index (χ4n) is 3.19. The smallest absolute Gasteiger partial charge is 0.325 e. The molecule has 7 nitrogen and oxygen atoms in total. The third-order valence-corrected chi connectivity index (χ3v) is 4.70. The quantitative estimate of drug-likeness (QED) is 0.749. The average molecular weight is 385 g/mol. The molecule has 28 heavy (non-hydrogen) atoms. The summed E-state index contributed by atoms with van der Waals surface area (Å²) in [5, 5.41) is 5.29. The zero-order chi connectivity index (χ0) is 20.3. The fourth-order valence-corrected chi connectivity index (χ4v) is 3.19. The van der Waals surface area contributed by atoms with Crippen LogP contribution in [0.5, 0.6) is 5.75 Å². The van der Waals surface area contributed by atoms with Gasteiger partial charge in [-0.2, -0.15) is 0 Å². The summed E-state index contributed by atoms with van der Waals surface area (Å²) in [5.74, 6) is -0.953. The van der Waals surface area contributed by atoms with Gasteiger partial charge in [-0.25, -0.2) is 9.18 Å². The van der Waals surface area contributed by atoms with Crippen LogP contribution >= 0.6 is 0 Å². The fraction of sp³-hybridized carbons (Fsp3) is 0.250. The summed E-state index contributed by atoms with van der Waals surface area (Å²) in [7, 11) is 1.51. The van der Waals surface area contributed by atoms with Crippen molar-refractivity contribution in [1.29, 1.82) is 0 Å². The number of anilines is 1. The van der Waals surface area contributed by atoms with E-state index in [-0.39, 0.29) is 6.42 Å². The number of carbonyl (C=O) groups excluding carboxylic acids is 3. The van der Waals surface area contributed by atoms with Crippen molar-refractivity contribution in [3.8, 4) is 5.75 Å². The predicted molar refractivity (Wildman–Crippen MR) is 100 cm³/mol. The highest BCUT2D eigenvalue weighted by atomic mass is 19.1. The van der Waals surface area contributed by atoms with Gasteiger partial charge in [0.2, 0.25) is 5.91 Å². The second-order valence-corrected chi connectivity index (χ2v) is 6.37. The summed E-state index contributed by atoms with van der Waals surface area (Å²) in [6.45, 7) is 1.30. The van der Waals surface area contributed by atoms with E-state index in [0.717, 1.165) is 4.90 Å². The van der Waals surface area contributed by atoms with Crippen LogP contribution < -0.4 is 15.4 Å². The molecule has 0 spiro atoms. The maximum Gasteiger partial charge on any atom is 0.325 e. The summed E-state index contributed by atoms with van der Waals surface area (Å²) in [6, 6.07) is 11.4. The highest BCUT2D eigenvalue weighted by molar-refractivity contribution is 6.10. The van der Waals surface area contributed by atoms with Crippen molar-refractivity contribution in [2.45, 2.75) is 18.9 Å². The molecule has 1 heterocycles. The number of nitrogens with one attached hydrogen (secondary N) is 2. The minimum absolute atomic E-state index is 0.261. The number of carbonyl (C=O) groups is 3. The van der Waals surface area contributed by atoms with Gasteiger partial charge in [0, 0.05) is 11.8 Å². The van der Waals surface area contributed by atoms with Crippen molar-refractivity contribution in [2.24, 2.45) is 0 Å². The first-order chi connectivity index (χ1) is 13.4. The number of urea groups is 1. The van der Waals surface area contributed by atoms with E-state index >= 15 is 0 Å². The molecule has 2 aromatic carbocycles. The Morgan fingerprint density at radius 3 is 2.57 bits per heavy atom. The Bertz CT molecular complexity index is 916. The van der Waals surface area contributed by atoms with Gasteiger partial charge in [0.25, 0.3) is 5.91 Å². The topological polar surface area (TPSA) is 87.7 Å². The van der Waals surface area contributed by atoms with Crippen molar-refractivity contribution in [3.63, 3.8) is 0 Å². The predicted octanol–water partition coefficient (Wildman–Crippen LogP) is 2.63. The molecule has 0 aliphatic carbocycles. The summed E-state index contributed by atoms with van der Waals surface area (Å²) >= 11 is 0. The molecule has 0 saturated carbocycles. The van der Waals surface area contributed by atoms with Crippen LogP contribution in [0.3, 0.4) is 0 Å². The van der Waals surface area contributed by atoms with Crippen LogP contribution in [-0.4, -0.2) is 36.4 Å². The molecule has 1 fully saturated rings. The molecule has 2 aromatic rings. The molecule has 0 bridgehead atoms. The van der Waals surface area contributed by atoms with E-state index in [1.165, 1.54) is 31.4 Å². The summed E-state index contributed by atoms with van der Waals surface area (Å²) < 4.78 is 18.3. The van der Waals surface area contributed by atoms with Crippen molar-refractivity contribution in [3.05, 3.63) is 59.9 Å². The lowest BCUT2D eigenvalue weighted by molar-refractivity contribution is -0.134. The summed E-state index contributed by atoms with van der Waals surface area (Å²) in [4.78, 5) is 38.6. The summed E-state index contributed by atoms with van der Waals surface area (Å²) in [5.41, 5.74) is -0.372. The Morgan fingerprint density at radius 1 is 1.21 bits per heavy atom. The van der Waals surface area contributed by atoms with Gasteiger partial charge in [-0.15, -0.1) is 0 Å². The van der Waals surface area contributed by atoms with Crippen LogP contribution in [0.15, 0.2) is 48.5 Å². The zero-order valence-corrected chi connectivity index (χ0v) is 15.5. The first-order valence-corrected chi connectivity index (χ1v) is 8.73. The highest BCUT2D eigenvalue weighted by Gasteiger charge is 2.51. The van der Waals surface area contributed by atoms with Crippen molar-refractivity contribution in [2.75, 3.05) is 19.0 Å². The Morgan fingerprint density at radius 2 is 1.93 bits per heavy atom. The Kier molecular flexibility index (Phi) is 5.30. The number of ether oxygens (including phenoxy) is 1. The van der Waals surface area contributed by atoms with Gasteiger partial charge < -0.3 is 15.4 Å². The third-order valence-electron chi connectivity index (χ3n) is 4.70. The number of methoxy groups -OCH3 is 1. The van der Waals surface area contributed by atoms with Gasteiger partial charge >= 0.3 is 6.03 Å². The van der Waals surface area contributed by atoms with Crippen molar-refractivity contribution < 1.29 is 23.5 Å². The van der Waals surface area contributed by atoms with E-state index in [9.17, 15) is 18.8 Å². The number of hydrogen-bond acceptors (Lipinski definition) is 4. The standard InChI is InChI=1S/C20H20FN3O4/c1-3-20(13-7-9-14(21)10-8-13)18(26)24(19(27)23-20)12-17(25)22-15-5-4-6-16(11-15)28-2/h4-11H,3,12H2,1-2H3,(H,22,25)(H,23,27)/t20-/m0/s1. The normalized spacial score (nSPS) is 18.8. The number of rotatable bonds is 6. The van der Waals surface area contributed by atoms with Crippen LogP contribution in [0.25, 0.3) is 0 Å². The minimum Gasteiger partial charge on any atom is -0.497 e. The molecular weight excluding hydrogens is 365 g/mol. The van der Waals surface area contributed by atoms with Crippen LogP contribution in [0.4, 0.5) is 14.9 Å². The maximum absolute atomic E-state index is 13.2. The van der Waals surface area contributed by atoms with Gasteiger partial charge in [0.05, 0.1) is 7.11 Å². The molecule has 0 unspecified atom stereocenters. The Balaban J connectivity index is 1.77. The van der Waals surface area contributed by atoms with Gasteiger partial charge in [0.15, 0.2) is 0 Å². The number of amides is 4. The average Bonchev–Trinajstić information content (AvgIpc) is 2.93. The SMILES string of the molecule is CC[C@@]1(c2ccc(F)cc2)NC(=O)N(CC(=O)Nc2cccc(OC)c2)C1=O. The molecule has 1 saturated heterocycles. The lowest BCUT2D eigenvalue weighted by atomic mass is 9.87. The Labute approximate surface area is 161 Å². The first kappa shape index (κ1) is 19.3. The highest BCUT2D eigenvalue weighted by Crippen LogP contribution is 2.32. The number of imide groups is 1. The van der Waals surface area contributed by atoms with Crippen LogP contribution in [0.1, 0.15) is 18.9 Å². The van der Waals surface area contributed by atoms with E-state index < -0.39 is 35.7 Å². The zero-order valence-electron chi connectivity index (χ0n) is 15.5. The van der Waals surface area contributed by atoms with Gasteiger partial charge in [0.1, 0.15) is 23.7 Å². The molecule has 4 amide bonds. The molecule has 2 N–H and O–H groups in total. The van der Waals surface area contributed by atoms with E-state index in [2.05, 4.69) is 10.6 Å². The van der Waals surface area contributed by atoms with Crippen LogP contribution in [0, 0.1) is 5.82 Å². The molecule has 3 rings (SSSR count). The van der Waals surface area contributed by atoms with E-state index in [4.69, 9.17) is 4.74 Å². The molecule has 1 aliphatic heterocycles. The Hall–Kier alpha value is -3.42. The second kappa shape index (κ2) is 7.67. The van der Waals surface area contributed by atoms with Gasteiger partial charge in [-0.05, 0) is 36.2 Å². The van der Waals surface area contributed by atoms with Crippen molar-refractivity contribution in [1.82, 2.24) is 10.2 Å². The molecule has 0 radical (unpaired) electrons. The van der Waals surface area contributed by atoms with Crippen molar-refractivity contribution >= 4 is 23.5 Å². The molecule has 8 heteroatoms. The monoisotopic (exact) mass is 385 g/mol. The van der Waals surface area contributed by atoms with Crippen LogP contribution in [-0.2, 0) is 15.1 Å². The maximum atomic E-state index is 13.2. The minimum atomic E-state index is -1.32. The largest absolute Gasteiger partial charge is 0.497 e. The first-order valence-electron chi connectivity index (χ1n) is 8.73. The molecule has 0 aromatic heterocycles. The van der Waals surface area contributed by atoms with E-state index in [1.54, 1.807) is 31.2 Å². The molecule has 1 atom stereocenters. The summed E-state index contributed by atoms with van der Waals surface area (Å²) in [6.07, 6.45) is 0.261. The lowest BCUT2D eigenvalue weighted by Gasteiger charge is -2.25. The number of halogens is 1. The number of nitrogens with zero attached hydrogens (tertiary/aromatic N) is 1. The lowest BCUT2D eigenvalue weighted by Crippen LogP contribution is -2.44. The van der Waals surface area contributed by atoms with Crippen LogP contribution in [0.2, 0.25) is 0 Å². The van der Waals surface area contributed by atoms with Gasteiger partial charge in [-0.1, -0.05) is 25.1 Å². The molecular formula is C20H20FN3O4. The van der Waals surface area contributed by atoms with E-state index in [0.29, 0.717) is 17.0 Å². The number of benzene rings is 2.